The van der Waals surface area contributed by atoms with Crippen LogP contribution in [0.3, 0.4) is 0 Å². The van der Waals surface area contributed by atoms with Gasteiger partial charge in [0.05, 0.1) is 17.5 Å². The van der Waals surface area contributed by atoms with E-state index in [1.165, 1.54) is 29.2 Å². The van der Waals surface area contributed by atoms with Crippen molar-refractivity contribution in [1.82, 2.24) is 10.2 Å². The lowest BCUT2D eigenvalue weighted by molar-refractivity contribution is -0.140. The summed E-state index contributed by atoms with van der Waals surface area (Å²) in [5.74, 6) is -1.84. The molecule has 0 fully saturated rings. The van der Waals surface area contributed by atoms with E-state index in [-0.39, 0.29) is 24.7 Å². The van der Waals surface area contributed by atoms with E-state index in [9.17, 15) is 35.6 Å². The second-order valence-electron chi connectivity index (χ2n) is 9.99. The number of hydrogen-bond donors (Lipinski definition) is 1. The van der Waals surface area contributed by atoms with Gasteiger partial charge in [-0.3, -0.25) is 13.9 Å². The van der Waals surface area contributed by atoms with Crippen molar-refractivity contribution in [3.05, 3.63) is 101 Å². The third-order valence-corrected chi connectivity index (χ3v) is 7.82. The summed E-state index contributed by atoms with van der Waals surface area (Å²) >= 11 is 0. The van der Waals surface area contributed by atoms with Gasteiger partial charge in [0.15, 0.2) is 0 Å². The molecule has 0 unspecified atom stereocenters. The average molecular weight is 608 g/mol. The second kappa shape index (κ2) is 13.8. The molecule has 42 heavy (non-hydrogen) atoms. The molecule has 2 amide bonds. The number of nitrogens with zero attached hydrogens (tertiary/aromatic N) is 2. The van der Waals surface area contributed by atoms with E-state index >= 15 is 0 Å². The predicted octanol–water partition coefficient (Wildman–Crippen LogP) is 5.17. The van der Waals surface area contributed by atoms with Gasteiger partial charge in [-0.25, -0.2) is 12.8 Å². The maximum absolute atomic E-state index is 14.0. The van der Waals surface area contributed by atoms with E-state index < -0.39 is 52.0 Å². The molecule has 0 aliphatic carbocycles. The van der Waals surface area contributed by atoms with Gasteiger partial charge >= 0.3 is 6.18 Å². The summed E-state index contributed by atoms with van der Waals surface area (Å²) in [4.78, 5) is 28.7. The van der Waals surface area contributed by atoms with Crippen molar-refractivity contribution < 1.29 is 35.6 Å². The molecule has 2 atom stereocenters. The number of alkyl halides is 3. The Balaban J connectivity index is 2.08. The highest BCUT2D eigenvalue weighted by atomic mass is 32.2. The fraction of sp³-hybridized carbons (Fsp3) is 0.333. The Morgan fingerprint density at radius 2 is 1.57 bits per heavy atom. The van der Waals surface area contributed by atoms with Crippen molar-refractivity contribution in [1.29, 1.82) is 0 Å². The third kappa shape index (κ3) is 9.04. The summed E-state index contributed by atoms with van der Waals surface area (Å²) in [6, 6.07) is 16.4. The normalized spacial score (nSPS) is 13.2. The molecule has 0 radical (unpaired) electrons. The molecule has 0 heterocycles. The fourth-order valence-electron chi connectivity index (χ4n) is 4.23. The molecule has 3 aromatic carbocycles. The van der Waals surface area contributed by atoms with E-state index in [0.29, 0.717) is 22.4 Å². The number of carbonyl (C=O) groups is 2. The lowest BCUT2D eigenvalue weighted by Gasteiger charge is -2.34. The Morgan fingerprint density at radius 3 is 2.14 bits per heavy atom. The second-order valence-corrected chi connectivity index (χ2v) is 11.9. The zero-order chi connectivity index (χ0) is 31.1. The maximum atomic E-state index is 14.0. The fourth-order valence-corrected chi connectivity index (χ4v) is 5.07. The number of amides is 2. The van der Waals surface area contributed by atoms with Gasteiger partial charge in [-0.2, -0.15) is 13.2 Å². The Labute approximate surface area is 243 Å². The number of nitrogens with one attached hydrogen (secondary N) is 1. The Hall–Kier alpha value is -3.93. The van der Waals surface area contributed by atoms with Gasteiger partial charge in [-0.15, -0.1) is 0 Å². The number of carbonyl (C=O) groups excluding carboxylic acids is 2. The van der Waals surface area contributed by atoms with Crippen LogP contribution in [-0.4, -0.2) is 50.0 Å². The summed E-state index contributed by atoms with van der Waals surface area (Å²) in [6.07, 6.45) is -3.29. The van der Waals surface area contributed by atoms with Crippen LogP contribution in [0, 0.1) is 5.82 Å². The first-order chi connectivity index (χ1) is 19.7. The first-order valence-electron chi connectivity index (χ1n) is 13.2. The third-order valence-electron chi connectivity index (χ3n) is 6.68. The quantitative estimate of drug-likeness (QED) is 0.288. The van der Waals surface area contributed by atoms with Crippen molar-refractivity contribution in [2.45, 2.75) is 51.5 Å². The van der Waals surface area contributed by atoms with Gasteiger partial charge in [0.2, 0.25) is 21.8 Å². The average Bonchev–Trinajstić information content (AvgIpc) is 2.93. The zero-order valence-electron chi connectivity index (χ0n) is 23.4. The molecule has 0 aliphatic heterocycles. The van der Waals surface area contributed by atoms with Gasteiger partial charge in [0.25, 0.3) is 0 Å². The van der Waals surface area contributed by atoms with E-state index in [1.807, 2.05) is 6.92 Å². The zero-order valence-corrected chi connectivity index (χ0v) is 24.3. The summed E-state index contributed by atoms with van der Waals surface area (Å²) in [7, 11) is -4.25. The van der Waals surface area contributed by atoms with Crippen LogP contribution in [-0.2, 0) is 38.8 Å². The molecule has 0 spiro atoms. The number of benzene rings is 3. The van der Waals surface area contributed by atoms with Crippen molar-refractivity contribution in [2.24, 2.45) is 0 Å². The molecule has 0 saturated carbocycles. The van der Waals surface area contributed by atoms with E-state index in [1.54, 1.807) is 37.3 Å². The first-order valence-corrected chi connectivity index (χ1v) is 15.1. The van der Waals surface area contributed by atoms with Crippen LogP contribution >= 0.6 is 0 Å². The smallest absolute Gasteiger partial charge is 0.352 e. The Morgan fingerprint density at radius 1 is 0.929 bits per heavy atom. The van der Waals surface area contributed by atoms with Crippen LogP contribution in [0.15, 0.2) is 78.9 Å². The van der Waals surface area contributed by atoms with Gasteiger partial charge in [0, 0.05) is 19.0 Å². The molecule has 0 bridgehead atoms. The summed E-state index contributed by atoms with van der Waals surface area (Å²) in [5, 5.41) is 2.87. The molecular weight excluding hydrogens is 574 g/mol. The van der Waals surface area contributed by atoms with Gasteiger partial charge in [-0.1, -0.05) is 55.5 Å². The molecule has 226 valence electrons. The Bertz CT molecular complexity index is 1470. The van der Waals surface area contributed by atoms with Crippen molar-refractivity contribution in [3.8, 4) is 0 Å². The molecule has 0 saturated heterocycles. The Kier molecular flexibility index (Phi) is 10.7. The highest BCUT2D eigenvalue weighted by molar-refractivity contribution is 7.92. The number of anilines is 1. The van der Waals surface area contributed by atoms with Crippen molar-refractivity contribution in [2.75, 3.05) is 17.1 Å². The summed E-state index contributed by atoms with van der Waals surface area (Å²) in [5.41, 5.74) is -0.258. The summed E-state index contributed by atoms with van der Waals surface area (Å²) in [6.45, 7) is 2.61. The van der Waals surface area contributed by atoms with Crippen LogP contribution in [0.25, 0.3) is 0 Å². The number of hydrogen-bond acceptors (Lipinski definition) is 4. The topological polar surface area (TPSA) is 86.8 Å². The van der Waals surface area contributed by atoms with Gasteiger partial charge in [-0.05, 0) is 54.8 Å². The van der Waals surface area contributed by atoms with Crippen LogP contribution in [0.4, 0.5) is 23.2 Å². The molecule has 0 aromatic heterocycles. The van der Waals surface area contributed by atoms with Gasteiger partial charge in [0.1, 0.15) is 18.4 Å². The van der Waals surface area contributed by atoms with Crippen molar-refractivity contribution in [3.63, 3.8) is 0 Å². The van der Waals surface area contributed by atoms with Crippen molar-refractivity contribution >= 4 is 27.5 Å². The minimum atomic E-state index is -4.74. The maximum Gasteiger partial charge on any atom is 0.416 e. The number of sulfonamides is 1. The largest absolute Gasteiger partial charge is 0.416 e. The minimum absolute atomic E-state index is 0.0679. The molecule has 3 rings (SSSR count). The lowest BCUT2D eigenvalue weighted by Crippen LogP contribution is -2.54. The number of halogens is 4. The minimum Gasteiger partial charge on any atom is -0.352 e. The van der Waals surface area contributed by atoms with Gasteiger partial charge < -0.3 is 10.2 Å². The van der Waals surface area contributed by atoms with Crippen LogP contribution in [0.1, 0.15) is 37.0 Å². The van der Waals surface area contributed by atoms with Crippen LogP contribution < -0.4 is 9.62 Å². The monoisotopic (exact) mass is 607 g/mol. The molecule has 7 nitrogen and oxygen atoms in total. The SMILES string of the molecule is CC[C@@H](C)NC(=O)[C@H](Cc1ccccc1)N(Cc1ccc(F)cc1)C(=O)CN(c1cccc(C(F)(F)F)c1)S(C)(=O)=O. The highest BCUT2D eigenvalue weighted by Gasteiger charge is 2.35. The first kappa shape index (κ1) is 32.6. The standard InChI is InChI=1S/C30H33F4N3O4S/c1-4-21(2)35-29(39)27(17-22-9-6-5-7-10-22)36(19-23-13-15-25(31)16-14-23)28(38)20-37(42(3,40)41)26-12-8-11-24(18-26)30(32,33)34/h5-16,18,21,27H,4,17,19-20H2,1-3H3,(H,35,39)/t21-,27+/m1/s1. The predicted molar refractivity (Wildman–Crippen MR) is 152 cm³/mol. The molecule has 12 heteroatoms. The molecule has 3 aromatic rings. The molecule has 0 aliphatic rings. The van der Waals surface area contributed by atoms with E-state index in [2.05, 4.69) is 5.32 Å². The van der Waals surface area contributed by atoms with E-state index in [0.717, 1.165) is 30.0 Å². The molecular formula is C30H33F4N3O4S. The lowest BCUT2D eigenvalue weighted by atomic mass is 10.0. The van der Waals surface area contributed by atoms with Crippen LogP contribution in [0.5, 0.6) is 0 Å². The summed E-state index contributed by atoms with van der Waals surface area (Å²) < 4.78 is 80.0. The van der Waals surface area contributed by atoms with E-state index in [4.69, 9.17) is 0 Å². The highest BCUT2D eigenvalue weighted by Crippen LogP contribution is 2.32. The molecule has 1 N–H and O–H groups in total. The number of rotatable bonds is 12. The van der Waals surface area contributed by atoms with Crippen LogP contribution in [0.2, 0.25) is 0 Å².